The molecule has 4 bridgehead atoms. The van der Waals surface area contributed by atoms with E-state index in [-0.39, 0.29) is 18.0 Å². The van der Waals surface area contributed by atoms with Gasteiger partial charge in [-0.1, -0.05) is 6.92 Å². The Morgan fingerprint density at radius 2 is 2.00 bits per heavy atom. The van der Waals surface area contributed by atoms with E-state index in [2.05, 4.69) is 0 Å². The van der Waals surface area contributed by atoms with Crippen molar-refractivity contribution in [2.24, 2.45) is 11.3 Å². The van der Waals surface area contributed by atoms with Crippen LogP contribution in [-0.2, 0) is 23.8 Å². The second kappa shape index (κ2) is 4.69. The number of rotatable bonds is 3. The Balaban J connectivity index is 1.87. The molecule has 0 spiro atoms. The number of esters is 1. The Morgan fingerprint density at radius 1 is 1.29 bits per heavy atom. The minimum Gasteiger partial charge on any atom is -0.459 e. The van der Waals surface area contributed by atoms with Crippen LogP contribution in [0.25, 0.3) is 0 Å². The van der Waals surface area contributed by atoms with Crippen molar-refractivity contribution >= 4 is 16.1 Å². The van der Waals surface area contributed by atoms with E-state index in [1.807, 2.05) is 20.8 Å². The molecule has 4 rings (SSSR count). The largest absolute Gasteiger partial charge is 0.459 e. The molecule has 2 saturated carbocycles. The van der Waals surface area contributed by atoms with Gasteiger partial charge in [-0.25, -0.2) is 0 Å². The maximum Gasteiger partial charge on any atom is 0.312 e. The molecule has 2 saturated heterocycles. The molecule has 2 aliphatic heterocycles. The Bertz CT molecular complexity index is 552. The summed E-state index contributed by atoms with van der Waals surface area (Å²) < 4.78 is 35.6. The van der Waals surface area contributed by atoms with Gasteiger partial charge in [-0.2, -0.15) is 8.42 Å². The van der Waals surface area contributed by atoms with E-state index in [0.717, 1.165) is 12.8 Å². The first-order chi connectivity index (χ1) is 9.66. The van der Waals surface area contributed by atoms with Crippen molar-refractivity contribution < 1.29 is 22.1 Å². The first-order valence-electron chi connectivity index (χ1n) is 7.81. The van der Waals surface area contributed by atoms with Gasteiger partial charge in [0.25, 0.3) is 10.1 Å². The third-order valence-corrected chi connectivity index (χ3v) is 7.19. The van der Waals surface area contributed by atoms with Crippen molar-refractivity contribution in [1.82, 2.24) is 0 Å². The van der Waals surface area contributed by atoms with Crippen LogP contribution in [0.5, 0.6) is 0 Å². The number of hydrogen-bond acceptors (Lipinski definition) is 5. The topological polar surface area (TPSA) is 69.7 Å². The van der Waals surface area contributed by atoms with Crippen molar-refractivity contribution in [2.75, 3.05) is 0 Å². The first kappa shape index (κ1) is 15.3. The smallest absolute Gasteiger partial charge is 0.312 e. The van der Waals surface area contributed by atoms with Crippen molar-refractivity contribution in [3.05, 3.63) is 0 Å². The second-order valence-corrected chi connectivity index (χ2v) is 9.44. The highest BCUT2D eigenvalue weighted by Gasteiger charge is 2.57. The molecule has 2 heterocycles. The van der Waals surface area contributed by atoms with Crippen molar-refractivity contribution in [1.29, 1.82) is 0 Å². The van der Waals surface area contributed by atoms with Crippen molar-refractivity contribution in [3.8, 4) is 0 Å². The average Bonchev–Trinajstić information content (AvgIpc) is 2.48. The lowest BCUT2D eigenvalue weighted by molar-refractivity contribution is -0.183. The van der Waals surface area contributed by atoms with Gasteiger partial charge in [-0.15, -0.1) is 0 Å². The van der Waals surface area contributed by atoms with Gasteiger partial charge in [0.05, 0.1) is 16.8 Å². The molecule has 2 aliphatic carbocycles. The van der Waals surface area contributed by atoms with Crippen molar-refractivity contribution in [3.63, 3.8) is 0 Å². The lowest BCUT2D eigenvalue weighted by atomic mass is 9.68. The predicted octanol–water partition coefficient (Wildman–Crippen LogP) is 2.40. The van der Waals surface area contributed by atoms with Gasteiger partial charge in [0.15, 0.2) is 0 Å². The summed E-state index contributed by atoms with van der Waals surface area (Å²) in [6.45, 7) is 5.70. The van der Waals surface area contributed by atoms with Gasteiger partial charge in [0.2, 0.25) is 0 Å². The van der Waals surface area contributed by atoms with E-state index >= 15 is 0 Å². The maximum absolute atomic E-state index is 12.4. The van der Waals surface area contributed by atoms with Crippen molar-refractivity contribution in [2.45, 2.75) is 76.3 Å². The van der Waals surface area contributed by atoms with Crippen LogP contribution in [0.2, 0.25) is 0 Å². The molecule has 21 heavy (non-hydrogen) atoms. The van der Waals surface area contributed by atoms with Crippen LogP contribution >= 0.6 is 0 Å². The molecule has 4 aliphatic rings. The molecule has 0 aromatic heterocycles. The quantitative estimate of drug-likeness (QED) is 0.590. The summed E-state index contributed by atoms with van der Waals surface area (Å²) in [5, 5.41) is -0.513. The predicted molar refractivity (Wildman–Crippen MR) is 77.1 cm³/mol. The molecule has 120 valence electrons. The highest BCUT2D eigenvalue weighted by Crippen LogP contribution is 2.51. The van der Waals surface area contributed by atoms with E-state index in [1.165, 1.54) is 0 Å². The van der Waals surface area contributed by atoms with Gasteiger partial charge >= 0.3 is 5.97 Å². The monoisotopic (exact) mass is 316 g/mol. The molecular formula is C15H24O5S. The molecule has 5 nitrogen and oxygen atoms in total. The number of hydrogen-bond donors (Lipinski definition) is 0. The van der Waals surface area contributed by atoms with Gasteiger partial charge in [-0.3, -0.25) is 8.98 Å². The lowest BCUT2D eigenvalue weighted by Gasteiger charge is -2.46. The van der Waals surface area contributed by atoms with Crippen LogP contribution in [0.1, 0.15) is 59.3 Å². The summed E-state index contributed by atoms with van der Waals surface area (Å²) in [4.78, 5) is 12.4. The van der Waals surface area contributed by atoms with Crippen LogP contribution in [0, 0.1) is 11.3 Å². The molecule has 0 amide bonds. The molecule has 6 heteroatoms. The molecule has 4 atom stereocenters. The minimum absolute atomic E-state index is 0.218. The minimum atomic E-state index is -3.51. The second-order valence-electron chi connectivity index (χ2n) is 7.59. The first-order valence-corrected chi connectivity index (χ1v) is 9.28. The number of ether oxygens (including phenoxy) is 1. The Kier molecular flexibility index (Phi) is 3.41. The third kappa shape index (κ3) is 2.61. The van der Waals surface area contributed by atoms with Crippen LogP contribution in [0.3, 0.4) is 0 Å². The van der Waals surface area contributed by atoms with Gasteiger partial charge < -0.3 is 4.74 Å². The zero-order chi connectivity index (χ0) is 15.5. The molecule has 4 fully saturated rings. The number of fused-ring (bicyclic) bond motifs is 1. The molecular weight excluding hydrogens is 292 g/mol. The molecule has 0 aromatic rings. The fourth-order valence-corrected chi connectivity index (χ4v) is 5.64. The number of carbonyl (C=O) groups excluding carboxylic acids is 1. The standard InChI is InChI=1S/C15H24O5S/c1-4-14(2,3)13(16)19-15-7-10-5-11(8-15)20-21(17,18)12(6-10)9-15/h10-12H,4-9H2,1-3H3. The van der Waals surface area contributed by atoms with Crippen LogP contribution in [0.15, 0.2) is 0 Å². The van der Waals surface area contributed by atoms with Gasteiger partial charge in [-0.05, 0) is 45.4 Å². The SMILES string of the molecule is CCC(C)(C)C(=O)OC12CC3CC(C1)OS(=O)(=O)C(C3)C2. The Hall–Kier alpha value is -0.620. The maximum atomic E-state index is 12.4. The van der Waals surface area contributed by atoms with Gasteiger partial charge in [0.1, 0.15) is 5.60 Å². The van der Waals surface area contributed by atoms with E-state index in [0.29, 0.717) is 25.7 Å². The van der Waals surface area contributed by atoms with E-state index in [9.17, 15) is 13.2 Å². The normalized spacial score (nSPS) is 40.8. The summed E-state index contributed by atoms with van der Waals surface area (Å²) >= 11 is 0. The fourth-order valence-electron chi connectivity index (χ4n) is 3.94. The Labute approximate surface area is 126 Å². The summed E-state index contributed by atoms with van der Waals surface area (Å²) in [5.41, 5.74) is -1.17. The highest BCUT2D eigenvalue weighted by molar-refractivity contribution is 7.87. The summed E-state index contributed by atoms with van der Waals surface area (Å²) in [5.74, 6) is 0.0710. The zero-order valence-electron chi connectivity index (χ0n) is 12.9. The number of carbonyl (C=O) groups is 1. The summed E-state index contributed by atoms with van der Waals surface area (Å²) in [6.07, 6.45) is 3.50. The van der Waals surface area contributed by atoms with Crippen LogP contribution in [-0.4, -0.2) is 31.3 Å². The highest BCUT2D eigenvalue weighted by atomic mass is 32.2. The fraction of sp³-hybridized carbons (Fsp3) is 0.933. The van der Waals surface area contributed by atoms with E-state index in [1.54, 1.807) is 0 Å². The van der Waals surface area contributed by atoms with Gasteiger partial charge in [0, 0.05) is 12.8 Å². The molecule has 0 aromatic carbocycles. The van der Waals surface area contributed by atoms with E-state index in [4.69, 9.17) is 8.92 Å². The van der Waals surface area contributed by atoms with Crippen LogP contribution < -0.4 is 0 Å². The Morgan fingerprint density at radius 3 is 2.67 bits per heavy atom. The molecule has 0 radical (unpaired) electrons. The van der Waals surface area contributed by atoms with E-state index < -0.39 is 26.4 Å². The molecule has 4 unspecified atom stereocenters. The van der Waals surface area contributed by atoms with Crippen LogP contribution in [0.4, 0.5) is 0 Å². The molecule has 0 N–H and O–H groups in total. The summed E-state index contributed by atoms with van der Waals surface area (Å²) in [7, 11) is -3.51. The zero-order valence-corrected chi connectivity index (χ0v) is 13.7. The average molecular weight is 316 g/mol. The lowest BCUT2D eigenvalue weighted by Crippen LogP contribution is -2.50. The summed E-state index contributed by atoms with van der Waals surface area (Å²) in [6, 6.07) is 0. The third-order valence-electron chi connectivity index (χ3n) is 5.48.